The molecule has 4 heteroatoms. The molecule has 4 nitrogen and oxygen atoms in total. The second kappa shape index (κ2) is 7.61. The fourth-order valence-corrected chi connectivity index (χ4v) is 5.08. The zero-order chi connectivity index (χ0) is 15.4. The molecule has 0 N–H and O–H groups in total. The van der Waals surface area contributed by atoms with E-state index in [0.717, 1.165) is 25.8 Å². The lowest BCUT2D eigenvalue weighted by atomic mass is 9.76. The molecule has 3 aliphatic rings. The maximum absolute atomic E-state index is 5.48. The molecule has 1 aliphatic carbocycles. The Bertz CT molecular complexity index is 336. The Morgan fingerprint density at radius 2 is 1.77 bits per heavy atom. The van der Waals surface area contributed by atoms with Crippen molar-refractivity contribution in [3.05, 3.63) is 0 Å². The molecule has 2 saturated heterocycles. The summed E-state index contributed by atoms with van der Waals surface area (Å²) in [4.78, 5) is 5.42. The molecule has 0 amide bonds. The summed E-state index contributed by atoms with van der Waals surface area (Å²) in [7, 11) is 3.64. The number of hydrogen-bond donors (Lipinski definition) is 0. The lowest BCUT2D eigenvalue weighted by Crippen LogP contribution is -2.45. The van der Waals surface area contributed by atoms with E-state index in [1.54, 1.807) is 7.11 Å². The number of rotatable bonds is 6. The van der Waals surface area contributed by atoms with Crippen LogP contribution in [0.5, 0.6) is 0 Å². The summed E-state index contributed by atoms with van der Waals surface area (Å²) < 4.78 is 10.8. The summed E-state index contributed by atoms with van der Waals surface area (Å²) >= 11 is 0. The third-order valence-electron chi connectivity index (χ3n) is 6.37. The van der Waals surface area contributed by atoms with Crippen molar-refractivity contribution >= 4 is 0 Å². The second-order valence-electron chi connectivity index (χ2n) is 7.75. The number of hydrogen-bond acceptors (Lipinski definition) is 4. The van der Waals surface area contributed by atoms with Gasteiger partial charge >= 0.3 is 0 Å². The van der Waals surface area contributed by atoms with Crippen LogP contribution in [0.1, 0.15) is 44.9 Å². The van der Waals surface area contributed by atoms with E-state index >= 15 is 0 Å². The summed E-state index contributed by atoms with van der Waals surface area (Å²) in [5.41, 5.74) is 0.548. The molecular formula is C18H34N2O2. The first-order valence-corrected chi connectivity index (χ1v) is 9.22. The van der Waals surface area contributed by atoms with Gasteiger partial charge in [-0.3, -0.25) is 4.90 Å². The molecule has 2 aliphatic heterocycles. The molecule has 0 aromatic carbocycles. The first kappa shape index (κ1) is 16.7. The summed E-state index contributed by atoms with van der Waals surface area (Å²) in [6.07, 6.45) is 9.88. The lowest BCUT2D eigenvalue weighted by molar-refractivity contribution is 0.0734. The van der Waals surface area contributed by atoms with Crippen molar-refractivity contribution in [3.63, 3.8) is 0 Å². The van der Waals surface area contributed by atoms with E-state index in [1.165, 1.54) is 64.6 Å². The van der Waals surface area contributed by atoms with Gasteiger partial charge in [0.05, 0.1) is 13.2 Å². The zero-order valence-electron chi connectivity index (χ0n) is 14.6. The van der Waals surface area contributed by atoms with E-state index in [0.29, 0.717) is 11.5 Å². The van der Waals surface area contributed by atoms with Gasteiger partial charge in [0.15, 0.2) is 0 Å². The molecule has 0 bridgehead atoms. The van der Waals surface area contributed by atoms with E-state index < -0.39 is 0 Å². The highest BCUT2D eigenvalue weighted by Gasteiger charge is 2.45. The smallest absolute Gasteiger partial charge is 0.0618 e. The van der Waals surface area contributed by atoms with Gasteiger partial charge < -0.3 is 14.4 Å². The average Bonchev–Trinajstić information content (AvgIpc) is 3.16. The summed E-state index contributed by atoms with van der Waals surface area (Å²) in [6, 6.07) is 1.50. The van der Waals surface area contributed by atoms with Gasteiger partial charge in [-0.2, -0.15) is 0 Å². The maximum atomic E-state index is 5.48. The zero-order valence-corrected chi connectivity index (χ0v) is 14.6. The molecule has 1 spiro atoms. The summed E-state index contributed by atoms with van der Waals surface area (Å²) in [5, 5.41) is 0. The summed E-state index contributed by atoms with van der Waals surface area (Å²) in [6.45, 7) is 6.66. The van der Waals surface area contributed by atoms with Gasteiger partial charge in [-0.25, -0.2) is 0 Å². The fourth-order valence-electron chi connectivity index (χ4n) is 5.08. The highest BCUT2D eigenvalue weighted by molar-refractivity contribution is 4.99. The number of nitrogens with zero attached hydrogens (tertiary/aromatic N) is 2. The molecule has 0 radical (unpaired) electrons. The molecule has 0 unspecified atom stereocenters. The molecule has 3 rings (SSSR count). The fraction of sp³-hybridized carbons (Fsp3) is 1.00. The van der Waals surface area contributed by atoms with Gasteiger partial charge in [0.2, 0.25) is 0 Å². The van der Waals surface area contributed by atoms with Crippen LogP contribution in [0.3, 0.4) is 0 Å². The summed E-state index contributed by atoms with van der Waals surface area (Å²) in [5.74, 6) is 0. The second-order valence-corrected chi connectivity index (χ2v) is 7.75. The Balaban J connectivity index is 1.55. The van der Waals surface area contributed by atoms with Crippen LogP contribution in [0, 0.1) is 5.41 Å². The number of piperidine rings is 1. The molecule has 3 fully saturated rings. The predicted molar refractivity (Wildman–Crippen MR) is 89.2 cm³/mol. The molecule has 22 heavy (non-hydrogen) atoms. The largest absolute Gasteiger partial charge is 0.383 e. The van der Waals surface area contributed by atoms with Crippen molar-refractivity contribution in [1.82, 2.24) is 9.80 Å². The monoisotopic (exact) mass is 310 g/mol. The maximum Gasteiger partial charge on any atom is 0.0618 e. The average molecular weight is 310 g/mol. The Morgan fingerprint density at radius 3 is 2.41 bits per heavy atom. The van der Waals surface area contributed by atoms with Crippen molar-refractivity contribution < 1.29 is 9.47 Å². The van der Waals surface area contributed by atoms with E-state index in [1.807, 2.05) is 7.11 Å². The van der Waals surface area contributed by atoms with Crippen molar-refractivity contribution in [2.45, 2.75) is 57.0 Å². The minimum absolute atomic E-state index is 0.548. The molecule has 0 aromatic rings. The van der Waals surface area contributed by atoms with Crippen LogP contribution in [0.2, 0.25) is 0 Å². The predicted octanol–water partition coefficient (Wildman–Crippen LogP) is 2.38. The number of methoxy groups -OCH3 is 2. The van der Waals surface area contributed by atoms with Gasteiger partial charge in [0, 0.05) is 39.4 Å². The number of ether oxygens (including phenoxy) is 2. The standard InChI is InChI=1S/C18H34N2O2/c1-21-12-11-20-15-18(13-17(20)14-22-2)7-9-19(10-8-18)16-5-3-4-6-16/h16-17H,3-15H2,1-2H3/t17-/m0/s1. The SMILES string of the molecule is COCCN1CC2(CCN(C3CCCC3)CC2)C[C@H]1COC. The van der Waals surface area contributed by atoms with Crippen LogP contribution >= 0.6 is 0 Å². The van der Waals surface area contributed by atoms with Crippen LogP contribution in [0.15, 0.2) is 0 Å². The van der Waals surface area contributed by atoms with Crippen LogP contribution in [-0.2, 0) is 9.47 Å². The van der Waals surface area contributed by atoms with Crippen LogP contribution < -0.4 is 0 Å². The van der Waals surface area contributed by atoms with Crippen molar-refractivity contribution in [1.29, 1.82) is 0 Å². The highest BCUT2D eigenvalue weighted by atomic mass is 16.5. The molecule has 1 atom stereocenters. The van der Waals surface area contributed by atoms with Crippen LogP contribution in [-0.4, -0.2) is 75.5 Å². The topological polar surface area (TPSA) is 24.9 Å². The third-order valence-corrected chi connectivity index (χ3v) is 6.37. The van der Waals surface area contributed by atoms with E-state index in [2.05, 4.69) is 9.80 Å². The molecule has 128 valence electrons. The minimum Gasteiger partial charge on any atom is -0.383 e. The molecular weight excluding hydrogens is 276 g/mol. The normalized spacial score (nSPS) is 30.5. The van der Waals surface area contributed by atoms with Crippen molar-refractivity contribution in [2.75, 3.05) is 53.6 Å². The van der Waals surface area contributed by atoms with Gasteiger partial charge in [-0.15, -0.1) is 0 Å². The number of likely N-dealkylation sites (tertiary alicyclic amines) is 2. The Morgan fingerprint density at radius 1 is 1.05 bits per heavy atom. The van der Waals surface area contributed by atoms with Crippen molar-refractivity contribution in [2.24, 2.45) is 5.41 Å². The van der Waals surface area contributed by atoms with E-state index in [9.17, 15) is 0 Å². The van der Waals surface area contributed by atoms with Crippen LogP contribution in [0.25, 0.3) is 0 Å². The highest BCUT2D eigenvalue weighted by Crippen LogP contribution is 2.44. The minimum atomic E-state index is 0.548. The Kier molecular flexibility index (Phi) is 5.77. The van der Waals surface area contributed by atoms with E-state index in [4.69, 9.17) is 9.47 Å². The molecule has 0 aromatic heterocycles. The van der Waals surface area contributed by atoms with Gasteiger partial charge in [0.1, 0.15) is 0 Å². The van der Waals surface area contributed by atoms with Gasteiger partial charge in [-0.1, -0.05) is 12.8 Å². The molecule has 1 saturated carbocycles. The Labute approximate surface area is 136 Å². The van der Waals surface area contributed by atoms with Gasteiger partial charge in [-0.05, 0) is 50.6 Å². The first-order chi connectivity index (χ1) is 10.8. The van der Waals surface area contributed by atoms with Gasteiger partial charge in [0.25, 0.3) is 0 Å². The third kappa shape index (κ3) is 3.66. The van der Waals surface area contributed by atoms with Crippen molar-refractivity contribution in [3.8, 4) is 0 Å². The van der Waals surface area contributed by atoms with Crippen LogP contribution in [0.4, 0.5) is 0 Å². The first-order valence-electron chi connectivity index (χ1n) is 9.22. The Hall–Kier alpha value is -0.160. The lowest BCUT2D eigenvalue weighted by Gasteiger charge is -2.42. The molecule has 2 heterocycles. The van der Waals surface area contributed by atoms with E-state index in [-0.39, 0.29) is 0 Å². The quantitative estimate of drug-likeness (QED) is 0.752.